The molecule has 0 bridgehead atoms. The first-order valence-electron chi connectivity index (χ1n) is 11.9. The van der Waals surface area contributed by atoms with E-state index in [1.165, 1.54) is 0 Å². The van der Waals surface area contributed by atoms with E-state index in [0.29, 0.717) is 31.0 Å². The van der Waals surface area contributed by atoms with Crippen molar-refractivity contribution >= 4 is 11.8 Å². The molecule has 5 rings (SSSR count). The SMILES string of the molecule is O=C(NCC[C@H]1COc2ccccc2O1)c1ccc(OC2CCN(C(=O)C3CC3)CC2)cc1. The van der Waals surface area contributed by atoms with Gasteiger partial charge in [0.15, 0.2) is 11.5 Å². The summed E-state index contributed by atoms with van der Waals surface area (Å²) in [6.07, 6.45) is 4.48. The minimum absolute atomic E-state index is 0.0815. The lowest BCUT2D eigenvalue weighted by Gasteiger charge is -2.32. The van der Waals surface area contributed by atoms with Gasteiger partial charge in [0, 0.05) is 50.4 Å². The molecule has 1 N–H and O–H groups in total. The Morgan fingerprint density at radius 3 is 2.42 bits per heavy atom. The van der Waals surface area contributed by atoms with E-state index in [1.807, 2.05) is 41.3 Å². The van der Waals surface area contributed by atoms with Crippen LogP contribution in [-0.2, 0) is 4.79 Å². The van der Waals surface area contributed by atoms with Gasteiger partial charge < -0.3 is 24.4 Å². The van der Waals surface area contributed by atoms with Crippen LogP contribution in [0, 0.1) is 5.92 Å². The molecule has 2 aromatic rings. The lowest BCUT2D eigenvalue weighted by molar-refractivity contribution is -0.134. The van der Waals surface area contributed by atoms with Gasteiger partial charge in [0.05, 0.1) is 0 Å². The predicted molar refractivity (Wildman–Crippen MR) is 123 cm³/mol. The summed E-state index contributed by atoms with van der Waals surface area (Å²) in [7, 11) is 0. The number of piperidine rings is 1. The molecule has 0 aromatic heterocycles. The molecule has 1 saturated carbocycles. The molecular formula is C26H30N2O5. The zero-order chi connectivity index (χ0) is 22.6. The average Bonchev–Trinajstić information content (AvgIpc) is 3.70. The smallest absolute Gasteiger partial charge is 0.251 e. The summed E-state index contributed by atoms with van der Waals surface area (Å²) < 4.78 is 17.7. The van der Waals surface area contributed by atoms with Gasteiger partial charge in [0.2, 0.25) is 5.91 Å². The van der Waals surface area contributed by atoms with E-state index in [1.54, 1.807) is 12.1 Å². The number of amides is 2. The number of benzene rings is 2. The quantitative estimate of drug-likeness (QED) is 0.700. The Morgan fingerprint density at radius 2 is 1.70 bits per heavy atom. The zero-order valence-corrected chi connectivity index (χ0v) is 18.7. The number of nitrogens with one attached hydrogen (secondary N) is 1. The highest BCUT2D eigenvalue weighted by Crippen LogP contribution is 2.33. The van der Waals surface area contributed by atoms with Crippen LogP contribution in [0.2, 0.25) is 0 Å². The number of carbonyl (C=O) groups is 2. The normalized spacial score (nSPS) is 20.2. The molecule has 33 heavy (non-hydrogen) atoms. The summed E-state index contributed by atoms with van der Waals surface area (Å²) in [5, 5.41) is 2.95. The number of hydrogen-bond acceptors (Lipinski definition) is 5. The first kappa shape index (κ1) is 21.6. The van der Waals surface area contributed by atoms with Crippen molar-refractivity contribution in [1.29, 1.82) is 0 Å². The molecule has 2 amide bonds. The second-order valence-corrected chi connectivity index (χ2v) is 8.98. The van der Waals surface area contributed by atoms with Crippen LogP contribution in [0.15, 0.2) is 48.5 Å². The Kier molecular flexibility index (Phi) is 6.37. The fraction of sp³-hybridized carbons (Fsp3) is 0.462. The first-order chi connectivity index (χ1) is 16.2. The Balaban J connectivity index is 1.03. The van der Waals surface area contributed by atoms with Gasteiger partial charge in [-0.1, -0.05) is 12.1 Å². The van der Waals surface area contributed by atoms with Crippen molar-refractivity contribution in [3.8, 4) is 17.2 Å². The van der Waals surface area contributed by atoms with Crippen molar-refractivity contribution in [2.24, 2.45) is 5.92 Å². The fourth-order valence-electron chi connectivity index (χ4n) is 4.31. The molecular weight excluding hydrogens is 420 g/mol. The van der Waals surface area contributed by atoms with E-state index >= 15 is 0 Å². The van der Waals surface area contributed by atoms with Crippen LogP contribution in [-0.4, -0.2) is 55.2 Å². The lowest BCUT2D eigenvalue weighted by Crippen LogP contribution is -2.42. The molecule has 0 radical (unpaired) electrons. The highest BCUT2D eigenvalue weighted by Gasteiger charge is 2.35. The minimum Gasteiger partial charge on any atom is -0.490 e. The zero-order valence-electron chi connectivity index (χ0n) is 18.7. The Bertz CT molecular complexity index is 980. The van der Waals surface area contributed by atoms with E-state index in [0.717, 1.165) is 56.0 Å². The molecule has 3 aliphatic rings. The number of hydrogen-bond donors (Lipinski definition) is 1. The van der Waals surface area contributed by atoms with Gasteiger partial charge >= 0.3 is 0 Å². The summed E-state index contributed by atoms with van der Waals surface area (Å²) in [6.45, 7) is 2.52. The van der Waals surface area contributed by atoms with Crippen LogP contribution in [0.3, 0.4) is 0 Å². The number of ether oxygens (including phenoxy) is 3. The van der Waals surface area contributed by atoms with Crippen LogP contribution in [0.1, 0.15) is 42.5 Å². The maximum absolute atomic E-state index is 12.5. The van der Waals surface area contributed by atoms with E-state index in [4.69, 9.17) is 14.2 Å². The second kappa shape index (κ2) is 9.73. The van der Waals surface area contributed by atoms with Gasteiger partial charge in [-0.05, 0) is 49.2 Å². The molecule has 0 spiro atoms. The number of rotatable bonds is 7. The molecule has 2 heterocycles. The van der Waals surface area contributed by atoms with E-state index in [-0.39, 0.29) is 24.0 Å². The topological polar surface area (TPSA) is 77.1 Å². The van der Waals surface area contributed by atoms with Crippen LogP contribution in [0.4, 0.5) is 0 Å². The average molecular weight is 451 g/mol. The first-order valence-corrected chi connectivity index (χ1v) is 11.9. The van der Waals surface area contributed by atoms with Gasteiger partial charge in [0.25, 0.3) is 5.91 Å². The van der Waals surface area contributed by atoms with Crippen molar-refractivity contribution < 1.29 is 23.8 Å². The third-order valence-corrected chi connectivity index (χ3v) is 6.42. The molecule has 0 unspecified atom stereocenters. The van der Waals surface area contributed by atoms with Gasteiger partial charge in [0.1, 0.15) is 24.6 Å². The highest BCUT2D eigenvalue weighted by molar-refractivity contribution is 5.94. The molecule has 2 fully saturated rings. The van der Waals surface area contributed by atoms with Gasteiger partial charge in [-0.15, -0.1) is 0 Å². The second-order valence-electron chi connectivity index (χ2n) is 8.98. The maximum Gasteiger partial charge on any atom is 0.251 e. The molecule has 174 valence electrons. The summed E-state index contributed by atoms with van der Waals surface area (Å²) in [5.74, 6) is 2.74. The molecule has 2 aliphatic heterocycles. The summed E-state index contributed by atoms with van der Waals surface area (Å²) in [4.78, 5) is 26.6. The summed E-state index contributed by atoms with van der Waals surface area (Å²) in [5.41, 5.74) is 0.596. The fourth-order valence-corrected chi connectivity index (χ4v) is 4.31. The highest BCUT2D eigenvalue weighted by atomic mass is 16.6. The largest absolute Gasteiger partial charge is 0.490 e. The monoisotopic (exact) mass is 450 g/mol. The van der Waals surface area contributed by atoms with Gasteiger partial charge in [-0.2, -0.15) is 0 Å². The Labute approximate surface area is 194 Å². The van der Waals surface area contributed by atoms with Crippen molar-refractivity contribution in [3.63, 3.8) is 0 Å². The lowest BCUT2D eigenvalue weighted by atomic mass is 10.1. The third-order valence-electron chi connectivity index (χ3n) is 6.42. The number of para-hydroxylation sites is 2. The predicted octanol–water partition coefficient (Wildman–Crippen LogP) is 3.43. The van der Waals surface area contributed by atoms with Gasteiger partial charge in [-0.25, -0.2) is 0 Å². The van der Waals surface area contributed by atoms with Crippen molar-refractivity contribution in [2.75, 3.05) is 26.2 Å². The number of carbonyl (C=O) groups excluding carboxylic acids is 2. The minimum atomic E-state index is -0.120. The standard InChI is InChI=1S/C26H30N2O5/c29-25(27-14-11-22-17-31-23-3-1-2-4-24(23)33-22)18-7-9-20(10-8-18)32-21-12-15-28(16-13-21)26(30)19-5-6-19/h1-4,7-10,19,21-22H,5-6,11-17H2,(H,27,29)/t22-/m0/s1. The van der Waals surface area contributed by atoms with Crippen molar-refractivity contribution in [1.82, 2.24) is 10.2 Å². The van der Waals surface area contributed by atoms with Crippen LogP contribution in [0.5, 0.6) is 17.2 Å². The summed E-state index contributed by atoms with van der Waals surface area (Å²) >= 11 is 0. The molecule has 7 heteroatoms. The molecule has 1 atom stereocenters. The van der Waals surface area contributed by atoms with E-state index in [2.05, 4.69) is 5.32 Å². The van der Waals surface area contributed by atoms with Crippen molar-refractivity contribution in [2.45, 2.75) is 44.3 Å². The van der Waals surface area contributed by atoms with Crippen LogP contribution < -0.4 is 19.5 Å². The molecule has 1 aliphatic carbocycles. The van der Waals surface area contributed by atoms with Crippen LogP contribution >= 0.6 is 0 Å². The number of likely N-dealkylation sites (tertiary alicyclic amines) is 1. The van der Waals surface area contributed by atoms with E-state index in [9.17, 15) is 9.59 Å². The summed E-state index contributed by atoms with van der Waals surface area (Å²) in [6, 6.07) is 14.9. The van der Waals surface area contributed by atoms with Gasteiger partial charge in [-0.3, -0.25) is 9.59 Å². The van der Waals surface area contributed by atoms with Crippen molar-refractivity contribution in [3.05, 3.63) is 54.1 Å². The molecule has 2 aromatic carbocycles. The number of nitrogens with zero attached hydrogens (tertiary/aromatic N) is 1. The molecule has 1 saturated heterocycles. The maximum atomic E-state index is 12.5. The molecule has 7 nitrogen and oxygen atoms in total. The Hall–Kier alpha value is -3.22. The third kappa shape index (κ3) is 5.41. The number of fused-ring (bicyclic) bond motifs is 1. The van der Waals surface area contributed by atoms with Crippen LogP contribution in [0.25, 0.3) is 0 Å². The Morgan fingerprint density at radius 1 is 0.970 bits per heavy atom. The van der Waals surface area contributed by atoms with E-state index < -0.39 is 0 Å².